The fourth-order valence-electron chi connectivity index (χ4n) is 1.84. The van der Waals surface area contributed by atoms with Crippen LogP contribution in [0.3, 0.4) is 0 Å². The van der Waals surface area contributed by atoms with Crippen molar-refractivity contribution < 1.29 is 23.1 Å². The number of hydrogen-bond acceptors (Lipinski definition) is 4. The van der Waals surface area contributed by atoms with Crippen molar-refractivity contribution in [3.05, 3.63) is 54.1 Å². The maximum atomic E-state index is 12.6. The van der Waals surface area contributed by atoms with Crippen molar-refractivity contribution in [2.24, 2.45) is 0 Å². The lowest BCUT2D eigenvalue weighted by Crippen LogP contribution is -2.10. The number of ether oxygens (including phenoxy) is 1. The number of rotatable bonds is 4. The minimum absolute atomic E-state index is 0.0591. The molecule has 0 saturated heterocycles. The molecular weight excluding hydrogens is 280 g/mol. The Bertz CT molecular complexity index is 750. The average molecular weight is 292 g/mol. The zero-order valence-corrected chi connectivity index (χ0v) is 11.4. The van der Waals surface area contributed by atoms with Gasteiger partial charge in [0.1, 0.15) is 10.6 Å². The molecule has 2 aromatic carbocycles. The van der Waals surface area contributed by atoms with Gasteiger partial charge in [-0.25, -0.2) is 13.2 Å². The molecule has 0 bridgehead atoms. The van der Waals surface area contributed by atoms with Crippen molar-refractivity contribution in [1.82, 2.24) is 0 Å². The summed E-state index contributed by atoms with van der Waals surface area (Å²) < 4.78 is 30.2. The Morgan fingerprint density at radius 2 is 1.55 bits per heavy atom. The molecule has 0 aliphatic carbocycles. The van der Waals surface area contributed by atoms with Crippen LogP contribution in [0.1, 0.15) is 10.4 Å². The van der Waals surface area contributed by atoms with E-state index in [0.717, 1.165) is 0 Å². The van der Waals surface area contributed by atoms with Gasteiger partial charge >= 0.3 is 5.97 Å². The number of carbonyl (C=O) groups is 1. The maximum Gasteiger partial charge on any atom is 0.337 e. The first kappa shape index (κ1) is 14.1. The van der Waals surface area contributed by atoms with Gasteiger partial charge < -0.3 is 9.84 Å². The molecule has 0 atom stereocenters. The summed E-state index contributed by atoms with van der Waals surface area (Å²) in [6.45, 7) is 0. The number of benzene rings is 2. The van der Waals surface area contributed by atoms with Gasteiger partial charge in [-0.05, 0) is 24.3 Å². The molecule has 20 heavy (non-hydrogen) atoms. The molecule has 0 saturated carbocycles. The first-order valence-electron chi connectivity index (χ1n) is 5.69. The van der Waals surface area contributed by atoms with Crippen molar-refractivity contribution in [2.45, 2.75) is 9.79 Å². The number of aromatic carboxylic acids is 1. The Morgan fingerprint density at radius 1 is 1.00 bits per heavy atom. The second kappa shape index (κ2) is 5.34. The molecular formula is C14H12O5S. The third kappa shape index (κ3) is 2.37. The molecule has 0 amide bonds. The van der Waals surface area contributed by atoms with E-state index >= 15 is 0 Å². The molecule has 0 aliphatic rings. The summed E-state index contributed by atoms with van der Waals surface area (Å²) in [5, 5.41) is 9.11. The summed E-state index contributed by atoms with van der Waals surface area (Å²) in [5.41, 5.74) is -0.265. The van der Waals surface area contributed by atoms with Crippen LogP contribution < -0.4 is 4.74 Å². The van der Waals surface area contributed by atoms with E-state index in [9.17, 15) is 13.2 Å². The van der Waals surface area contributed by atoms with Crippen LogP contribution in [0.2, 0.25) is 0 Å². The molecule has 2 aromatic rings. The zero-order valence-electron chi connectivity index (χ0n) is 10.6. The molecule has 0 unspecified atom stereocenters. The van der Waals surface area contributed by atoms with Crippen LogP contribution in [0.25, 0.3) is 0 Å². The van der Waals surface area contributed by atoms with Gasteiger partial charge in [0.05, 0.1) is 17.6 Å². The van der Waals surface area contributed by atoms with Gasteiger partial charge in [-0.2, -0.15) is 0 Å². The highest BCUT2D eigenvalue weighted by molar-refractivity contribution is 7.91. The van der Waals surface area contributed by atoms with E-state index in [4.69, 9.17) is 9.84 Å². The van der Waals surface area contributed by atoms with Gasteiger partial charge in [0, 0.05) is 0 Å². The highest BCUT2D eigenvalue weighted by atomic mass is 32.2. The number of sulfone groups is 1. The highest BCUT2D eigenvalue weighted by Crippen LogP contribution is 2.30. The molecule has 104 valence electrons. The van der Waals surface area contributed by atoms with Gasteiger partial charge in [-0.15, -0.1) is 0 Å². The second-order valence-electron chi connectivity index (χ2n) is 3.96. The highest BCUT2D eigenvalue weighted by Gasteiger charge is 2.26. The van der Waals surface area contributed by atoms with E-state index in [2.05, 4.69) is 0 Å². The summed E-state index contributed by atoms with van der Waals surface area (Å²) in [6.07, 6.45) is 0. The normalized spacial score (nSPS) is 11.1. The third-order valence-corrected chi connectivity index (χ3v) is 4.62. The lowest BCUT2D eigenvalue weighted by Gasteiger charge is -2.11. The number of methoxy groups -OCH3 is 1. The summed E-state index contributed by atoms with van der Waals surface area (Å²) in [7, 11) is -2.60. The smallest absolute Gasteiger partial charge is 0.337 e. The summed E-state index contributed by atoms with van der Waals surface area (Å²) in [6, 6.07) is 11.6. The predicted molar refractivity (Wildman–Crippen MR) is 71.8 cm³/mol. The Balaban J connectivity index is 2.71. The molecule has 0 heterocycles. The molecule has 6 heteroatoms. The largest absolute Gasteiger partial charge is 0.495 e. The number of hydrogen-bond donors (Lipinski definition) is 1. The summed E-state index contributed by atoms with van der Waals surface area (Å²) in [4.78, 5) is 10.8. The minimum Gasteiger partial charge on any atom is -0.495 e. The molecule has 0 radical (unpaired) electrons. The molecule has 5 nitrogen and oxygen atoms in total. The van der Waals surface area contributed by atoms with Crippen LogP contribution in [-0.2, 0) is 9.84 Å². The van der Waals surface area contributed by atoms with Crippen LogP contribution in [0.5, 0.6) is 5.75 Å². The molecule has 2 rings (SSSR count). The average Bonchev–Trinajstić information content (AvgIpc) is 2.47. The van der Waals surface area contributed by atoms with Gasteiger partial charge in [0.2, 0.25) is 9.84 Å². The van der Waals surface area contributed by atoms with Gasteiger partial charge in [-0.3, -0.25) is 0 Å². The second-order valence-corrected chi connectivity index (χ2v) is 5.84. The van der Waals surface area contributed by atoms with Crippen LogP contribution in [-0.4, -0.2) is 26.6 Å². The first-order chi connectivity index (χ1) is 9.48. The summed E-state index contributed by atoms with van der Waals surface area (Å²) in [5.74, 6) is -1.12. The molecule has 1 N–H and O–H groups in total. The van der Waals surface area contributed by atoms with E-state index in [-0.39, 0.29) is 21.1 Å². The monoisotopic (exact) mass is 292 g/mol. The lowest BCUT2D eigenvalue weighted by atomic mass is 10.2. The third-order valence-electron chi connectivity index (χ3n) is 2.77. The van der Waals surface area contributed by atoms with E-state index in [1.54, 1.807) is 12.1 Å². The lowest BCUT2D eigenvalue weighted by molar-refractivity contribution is 0.0692. The molecule has 0 aliphatic heterocycles. The van der Waals surface area contributed by atoms with Gasteiger partial charge in [0.15, 0.2) is 0 Å². The Hall–Kier alpha value is -2.34. The number of carboxylic acids is 1. The van der Waals surface area contributed by atoms with Crippen LogP contribution in [0.15, 0.2) is 58.3 Å². The molecule has 0 spiro atoms. The Morgan fingerprint density at radius 3 is 2.15 bits per heavy atom. The maximum absolute atomic E-state index is 12.6. The Labute approximate surface area is 116 Å². The predicted octanol–water partition coefficient (Wildman–Crippen LogP) is 2.23. The van der Waals surface area contributed by atoms with Crippen molar-refractivity contribution in [3.63, 3.8) is 0 Å². The van der Waals surface area contributed by atoms with Crippen LogP contribution in [0.4, 0.5) is 0 Å². The van der Waals surface area contributed by atoms with Crippen LogP contribution >= 0.6 is 0 Å². The van der Waals surface area contributed by atoms with Crippen molar-refractivity contribution in [3.8, 4) is 5.75 Å². The van der Waals surface area contributed by atoms with Gasteiger partial charge in [0.25, 0.3) is 0 Å². The quantitative estimate of drug-likeness (QED) is 0.934. The fraction of sp³-hybridized carbons (Fsp3) is 0.0714. The fourth-order valence-corrected chi connectivity index (χ4v) is 3.45. The van der Waals surface area contributed by atoms with Crippen molar-refractivity contribution in [1.29, 1.82) is 0 Å². The Kier molecular flexibility index (Phi) is 3.76. The van der Waals surface area contributed by atoms with Crippen molar-refractivity contribution in [2.75, 3.05) is 7.11 Å². The van der Waals surface area contributed by atoms with Crippen LogP contribution in [0, 0.1) is 0 Å². The SMILES string of the molecule is COc1ccccc1S(=O)(=O)c1ccccc1C(=O)O. The minimum atomic E-state index is -3.96. The summed E-state index contributed by atoms with van der Waals surface area (Å²) >= 11 is 0. The van der Waals surface area contributed by atoms with Crippen molar-refractivity contribution >= 4 is 15.8 Å². The topological polar surface area (TPSA) is 80.7 Å². The van der Waals surface area contributed by atoms with E-state index in [1.807, 2.05) is 0 Å². The number of para-hydroxylation sites is 1. The van der Waals surface area contributed by atoms with E-state index in [0.29, 0.717) is 0 Å². The van der Waals surface area contributed by atoms with E-state index in [1.165, 1.54) is 43.5 Å². The zero-order chi connectivity index (χ0) is 14.8. The standard InChI is InChI=1S/C14H12O5S/c1-19-11-7-3-5-9-13(11)20(17,18)12-8-4-2-6-10(12)14(15)16/h2-9H,1H3,(H,15,16). The van der Waals surface area contributed by atoms with Gasteiger partial charge in [-0.1, -0.05) is 24.3 Å². The molecule has 0 fully saturated rings. The number of carboxylic acid groups (broad SMARTS) is 1. The van der Waals surface area contributed by atoms with E-state index < -0.39 is 15.8 Å². The first-order valence-corrected chi connectivity index (χ1v) is 7.17. The molecule has 0 aromatic heterocycles.